The zero-order valence-corrected chi connectivity index (χ0v) is 9.69. The molecule has 0 aliphatic carbocycles. The van der Waals surface area contributed by atoms with Crippen LogP contribution >= 0.6 is 23.4 Å². The lowest BCUT2D eigenvalue weighted by Crippen LogP contribution is -1.89. The lowest BCUT2D eigenvalue weighted by Gasteiger charge is -2.07. The molecular weight excluding hydrogens is 230 g/mol. The molecule has 1 aromatic heterocycles. The highest BCUT2D eigenvalue weighted by Gasteiger charge is 2.12. The average molecular weight is 240 g/mol. The second-order valence-corrected chi connectivity index (χ2v) is 4.27. The number of anilines is 1. The number of hydrogen-bond donors (Lipinski definition) is 2. The Kier molecular flexibility index (Phi) is 2.88. The monoisotopic (exact) mass is 239 g/mol. The number of rotatable bonds is 2. The molecule has 0 amide bonds. The maximum absolute atomic E-state index is 6.16. The van der Waals surface area contributed by atoms with Gasteiger partial charge >= 0.3 is 0 Å². The van der Waals surface area contributed by atoms with Crippen molar-refractivity contribution in [2.45, 2.75) is 4.90 Å². The van der Waals surface area contributed by atoms with E-state index in [-0.39, 0.29) is 0 Å². The van der Waals surface area contributed by atoms with Crippen LogP contribution in [0.5, 0.6) is 0 Å². The normalized spacial score (nSPS) is 10.5. The van der Waals surface area contributed by atoms with Crippen LogP contribution in [-0.2, 0) is 0 Å². The maximum Gasteiger partial charge on any atom is 0.126 e. The Morgan fingerprint density at radius 3 is 2.87 bits per heavy atom. The van der Waals surface area contributed by atoms with Crippen molar-refractivity contribution in [2.75, 3.05) is 12.0 Å². The summed E-state index contributed by atoms with van der Waals surface area (Å²) in [5.41, 5.74) is 7.57. The van der Waals surface area contributed by atoms with Gasteiger partial charge in [0.25, 0.3) is 0 Å². The quantitative estimate of drug-likeness (QED) is 0.792. The molecule has 3 nitrogen and oxygen atoms in total. The fourth-order valence-corrected chi connectivity index (χ4v) is 2.40. The molecule has 0 aliphatic rings. The maximum atomic E-state index is 6.16. The van der Waals surface area contributed by atoms with E-state index in [2.05, 4.69) is 10.2 Å². The molecule has 0 radical (unpaired) electrons. The minimum atomic E-state index is 0.540. The van der Waals surface area contributed by atoms with Crippen LogP contribution < -0.4 is 5.73 Å². The van der Waals surface area contributed by atoms with Crippen LogP contribution in [0.3, 0.4) is 0 Å². The summed E-state index contributed by atoms with van der Waals surface area (Å²) in [6.45, 7) is 0. The Morgan fingerprint density at radius 2 is 2.27 bits per heavy atom. The van der Waals surface area contributed by atoms with Crippen LogP contribution in [0.15, 0.2) is 29.3 Å². The SMILES string of the molecule is CSc1cccc(Cl)c1-c1cn[nH]c1N. The van der Waals surface area contributed by atoms with Crippen molar-refractivity contribution in [2.24, 2.45) is 0 Å². The number of nitrogen functional groups attached to an aromatic ring is 1. The summed E-state index contributed by atoms with van der Waals surface area (Å²) in [6.07, 6.45) is 3.70. The van der Waals surface area contributed by atoms with Crippen LogP contribution in [0.4, 0.5) is 5.82 Å². The lowest BCUT2D eigenvalue weighted by atomic mass is 10.1. The van der Waals surface area contributed by atoms with Gasteiger partial charge < -0.3 is 5.73 Å². The number of aromatic nitrogens is 2. The molecule has 0 saturated heterocycles. The summed E-state index contributed by atoms with van der Waals surface area (Å²) in [4.78, 5) is 1.09. The van der Waals surface area contributed by atoms with E-state index < -0.39 is 0 Å². The molecule has 0 aliphatic heterocycles. The number of nitrogens with one attached hydrogen (secondary N) is 1. The van der Waals surface area contributed by atoms with E-state index in [0.717, 1.165) is 16.0 Å². The number of hydrogen-bond acceptors (Lipinski definition) is 3. The van der Waals surface area contributed by atoms with E-state index in [9.17, 15) is 0 Å². The third kappa shape index (κ3) is 1.82. The van der Waals surface area contributed by atoms with Gasteiger partial charge in [-0.3, -0.25) is 5.10 Å². The first-order valence-corrected chi connectivity index (χ1v) is 5.96. The molecule has 1 aromatic carbocycles. The highest BCUT2D eigenvalue weighted by Crippen LogP contribution is 2.37. The number of nitrogens with zero attached hydrogens (tertiary/aromatic N) is 1. The van der Waals surface area contributed by atoms with Crippen molar-refractivity contribution in [1.29, 1.82) is 0 Å². The molecule has 2 rings (SSSR count). The van der Waals surface area contributed by atoms with Gasteiger partial charge in [0.15, 0.2) is 0 Å². The minimum Gasteiger partial charge on any atom is -0.384 e. The zero-order valence-electron chi connectivity index (χ0n) is 8.12. The van der Waals surface area contributed by atoms with E-state index >= 15 is 0 Å². The van der Waals surface area contributed by atoms with Crippen molar-refractivity contribution in [3.8, 4) is 11.1 Å². The predicted molar refractivity (Wildman–Crippen MR) is 65.2 cm³/mol. The molecule has 2 aromatic rings. The van der Waals surface area contributed by atoms with Gasteiger partial charge in [-0.15, -0.1) is 11.8 Å². The van der Waals surface area contributed by atoms with Crippen LogP contribution in [0.25, 0.3) is 11.1 Å². The number of halogens is 1. The molecule has 5 heteroatoms. The largest absolute Gasteiger partial charge is 0.384 e. The van der Waals surface area contributed by atoms with E-state index in [1.807, 2.05) is 24.5 Å². The number of thioether (sulfide) groups is 1. The second kappa shape index (κ2) is 4.16. The Morgan fingerprint density at radius 1 is 1.47 bits per heavy atom. The Labute approximate surface area is 97.0 Å². The van der Waals surface area contributed by atoms with Crippen molar-refractivity contribution < 1.29 is 0 Å². The van der Waals surface area contributed by atoms with Gasteiger partial charge in [0, 0.05) is 21.0 Å². The molecule has 3 N–H and O–H groups in total. The summed E-state index contributed by atoms with van der Waals surface area (Å²) in [7, 11) is 0. The van der Waals surface area contributed by atoms with Crippen LogP contribution in [0, 0.1) is 0 Å². The smallest absolute Gasteiger partial charge is 0.126 e. The Bertz CT molecular complexity index is 481. The third-order valence-electron chi connectivity index (χ3n) is 2.13. The first-order chi connectivity index (χ1) is 7.24. The summed E-state index contributed by atoms with van der Waals surface area (Å²) < 4.78 is 0. The van der Waals surface area contributed by atoms with Crippen LogP contribution in [0.2, 0.25) is 5.02 Å². The Balaban J connectivity index is 2.66. The Hall–Kier alpha value is -1.13. The second-order valence-electron chi connectivity index (χ2n) is 3.01. The van der Waals surface area contributed by atoms with Gasteiger partial charge in [-0.25, -0.2) is 0 Å². The highest BCUT2D eigenvalue weighted by molar-refractivity contribution is 7.98. The van der Waals surface area contributed by atoms with Crippen LogP contribution in [-0.4, -0.2) is 16.5 Å². The van der Waals surface area contributed by atoms with Crippen molar-refractivity contribution in [3.63, 3.8) is 0 Å². The first-order valence-electron chi connectivity index (χ1n) is 4.35. The molecule has 0 saturated carbocycles. The first kappa shape index (κ1) is 10.4. The number of H-pyrrole nitrogens is 1. The summed E-state index contributed by atoms with van der Waals surface area (Å²) in [5.74, 6) is 0.540. The molecule has 0 bridgehead atoms. The summed E-state index contributed by atoms with van der Waals surface area (Å²) >= 11 is 7.80. The molecule has 0 fully saturated rings. The minimum absolute atomic E-state index is 0.540. The molecule has 78 valence electrons. The highest BCUT2D eigenvalue weighted by atomic mass is 35.5. The van der Waals surface area contributed by atoms with Gasteiger partial charge in [-0.05, 0) is 18.4 Å². The summed E-state index contributed by atoms with van der Waals surface area (Å²) in [5, 5.41) is 7.29. The molecule has 0 spiro atoms. The number of nitrogens with two attached hydrogens (primary N) is 1. The average Bonchev–Trinajstić information content (AvgIpc) is 2.64. The molecule has 15 heavy (non-hydrogen) atoms. The van der Waals surface area contributed by atoms with Gasteiger partial charge in [0.2, 0.25) is 0 Å². The molecule has 1 heterocycles. The molecular formula is C10H10ClN3S. The van der Waals surface area contributed by atoms with E-state index in [1.165, 1.54) is 0 Å². The molecule has 0 atom stereocenters. The van der Waals surface area contributed by atoms with E-state index in [1.54, 1.807) is 18.0 Å². The lowest BCUT2D eigenvalue weighted by molar-refractivity contribution is 1.10. The fourth-order valence-electron chi connectivity index (χ4n) is 1.43. The van der Waals surface area contributed by atoms with Crippen molar-refractivity contribution in [1.82, 2.24) is 10.2 Å². The zero-order chi connectivity index (χ0) is 10.8. The van der Waals surface area contributed by atoms with Crippen molar-refractivity contribution >= 4 is 29.2 Å². The van der Waals surface area contributed by atoms with Crippen LogP contribution in [0.1, 0.15) is 0 Å². The van der Waals surface area contributed by atoms with Gasteiger partial charge in [0.05, 0.1) is 6.20 Å². The van der Waals surface area contributed by atoms with E-state index in [4.69, 9.17) is 17.3 Å². The van der Waals surface area contributed by atoms with E-state index in [0.29, 0.717) is 10.8 Å². The third-order valence-corrected chi connectivity index (χ3v) is 3.23. The van der Waals surface area contributed by atoms with Gasteiger partial charge in [0.1, 0.15) is 5.82 Å². The topological polar surface area (TPSA) is 54.7 Å². The fraction of sp³-hybridized carbons (Fsp3) is 0.100. The standard InChI is InChI=1S/C10H10ClN3S/c1-15-8-4-2-3-7(11)9(8)6-5-13-14-10(6)12/h2-5H,1H3,(H3,12,13,14). The predicted octanol–water partition coefficient (Wildman–Crippen LogP) is 3.03. The number of benzene rings is 1. The van der Waals surface area contributed by atoms with Gasteiger partial charge in [-0.1, -0.05) is 17.7 Å². The van der Waals surface area contributed by atoms with Crippen molar-refractivity contribution in [3.05, 3.63) is 29.4 Å². The number of aromatic amines is 1. The van der Waals surface area contributed by atoms with Gasteiger partial charge in [-0.2, -0.15) is 5.10 Å². The summed E-state index contributed by atoms with van der Waals surface area (Å²) in [6, 6.07) is 5.79. The molecule has 0 unspecified atom stereocenters.